The number of hydrogen-bond acceptors (Lipinski definition) is 2. The number of fused-ring (bicyclic) bond motifs is 1. The Bertz CT molecular complexity index is 547. The summed E-state index contributed by atoms with van der Waals surface area (Å²) in [5.41, 5.74) is 2.31. The van der Waals surface area contributed by atoms with Gasteiger partial charge in [0.2, 0.25) is 0 Å². The van der Waals surface area contributed by atoms with Crippen LogP contribution in [0.5, 0.6) is 0 Å². The summed E-state index contributed by atoms with van der Waals surface area (Å²) in [7, 11) is 0. The summed E-state index contributed by atoms with van der Waals surface area (Å²) in [4.78, 5) is 24.0. The van der Waals surface area contributed by atoms with Crippen molar-refractivity contribution in [3.05, 3.63) is 58.7 Å². The summed E-state index contributed by atoms with van der Waals surface area (Å²) in [6.07, 6.45) is 4.21. The molecule has 1 aromatic rings. The van der Waals surface area contributed by atoms with Gasteiger partial charge in [-0.1, -0.05) is 36.4 Å². The normalized spacial score (nSPS) is 18.1. The first-order valence-corrected chi connectivity index (χ1v) is 4.87. The third kappa shape index (κ3) is 0.988. The number of hydrogen-bond donors (Lipinski definition) is 0. The Labute approximate surface area is 86.9 Å². The van der Waals surface area contributed by atoms with Crippen LogP contribution < -0.4 is 0 Å². The smallest absolute Gasteiger partial charge is 0.194 e. The molecule has 0 fully saturated rings. The van der Waals surface area contributed by atoms with Gasteiger partial charge in [-0.3, -0.25) is 9.59 Å². The van der Waals surface area contributed by atoms with Crippen LogP contribution in [0.3, 0.4) is 0 Å². The van der Waals surface area contributed by atoms with E-state index in [1.54, 1.807) is 30.3 Å². The minimum atomic E-state index is -0.0195. The third-order valence-electron chi connectivity index (χ3n) is 2.87. The van der Waals surface area contributed by atoms with E-state index in [0.29, 0.717) is 28.7 Å². The van der Waals surface area contributed by atoms with Gasteiger partial charge < -0.3 is 0 Å². The lowest BCUT2D eigenvalue weighted by Crippen LogP contribution is -2.19. The average Bonchev–Trinajstić information content (AvgIpc) is 2.75. The van der Waals surface area contributed by atoms with Gasteiger partial charge in [0.15, 0.2) is 11.6 Å². The third-order valence-corrected chi connectivity index (χ3v) is 2.87. The Balaban J connectivity index is 2.29. The molecule has 0 bridgehead atoms. The quantitative estimate of drug-likeness (QED) is 0.638. The van der Waals surface area contributed by atoms with Crippen LogP contribution in [0.25, 0.3) is 0 Å². The zero-order chi connectivity index (χ0) is 10.4. The largest absolute Gasteiger partial charge is 0.289 e. The maximum Gasteiger partial charge on any atom is 0.194 e. The summed E-state index contributed by atoms with van der Waals surface area (Å²) in [6, 6.07) is 7.01. The van der Waals surface area contributed by atoms with Gasteiger partial charge >= 0.3 is 0 Å². The highest BCUT2D eigenvalue weighted by Crippen LogP contribution is 2.32. The Kier molecular flexibility index (Phi) is 1.54. The van der Waals surface area contributed by atoms with Crippen molar-refractivity contribution in [3.63, 3.8) is 0 Å². The van der Waals surface area contributed by atoms with Gasteiger partial charge in [0.25, 0.3) is 0 Å². The molecule has 0 saturated heterocycles. The Morgan fingerprint density at radius 2 is 1.60 bits per heavy atom. The lowest BCUT2D eigenvalue weighted by molar-refractivity contribution is 0.0977. The maximum atomic E-state index is 12.0. The van der Waals surface area contributed by atoms with Crippen molar-refractivity contribution in [3.8, 4) is 0 Å². The van der Waals surface area contributed by atoms with Crippen LogP contribution in [0.2, 0.25) is 0 Å². The summed E-state index contributed by atoms with van der Waals surface area (Å²) in [6.45, 7) is 0. The van der Waals surface area contributed by atoms with Crippen LogP contribution in [-0.2, 0) is 0 Å². The monoisotopic (exact) mass is 196 g/mol. The van der Waals surface area contributed by atoms with E-state index in [4.69, 9.17) is 0 Å². The topological polar surface area (TPSA) is 34.1 Å². The van der Waals surface area contributed by atoms with E-state index in [-0.39, 0.29) is 11.6 Å². The molecule has 0 amide bonds. The lowest BCUT2D eigenvalue weighted by atomic mass is 9.85. The van der Waals surface area contributed by atoms with E-state index in [1.807, 2.05) is 6.08 Å². The molecule has 0 radical (unpaired) electrons. The second kappa shape index (κ2) is 2.76. The maximum absolute atomic E-state index is 12.0. The van der Waals surface area contributed by atoms with Crippen molar-refractivity contribution in [1.82, 2.24) is 0 Å². The van der Waals surface area contributed by atoms with Gasteiger partial charge in [-0.15, -0.1) is 0 Å². The van der Waals surface area contributed by atoms with E-state index < -0.39 is 0 Å². The predicted octanol–water partition coefficient (Wildman–Crippen LogP) is 2.32. The molecular weight excluding hydrogens is 188 g/mol. The van der Waals surface area contributed by atoms with Crippen molar-refractivity contribution >= 4 is 11.6 Å². The molecule has 2 nitrogen and oxygen atoms in total. The number of allylic oxidation sites excluding steroid dienone is 4. The first kappa shape index (κ1) is 8.36. The number of rotatable bonds is 0. The number of carbonyl (C=O) groups excluding carboxylic acids is 2. The molecule has 2 aliphatic carbocycles. The van der Waals surface area contributed by atoms with Crippen LogP contribution in [-0.4, -0.2) is 11.6 Å². The SMILES string of the molecule is O=C1C2=C(CC=C2)C(=O)c2ccccc21. The standard InChI is InChI=1S/C13H8O2/c14-12-8-4-1-2-5-9(8)13(15)11-7-3-6-10(11)12/h1-6H,7H2. The molecule has 0 spiro atoms. The fourth-order valence-corrected chi connectivity index (χ4v) is 2.12. The minimum Gasteiger partial charge on any atom is -0.289 e. The van der Waals surface area contributed by atoms with Gasteiger partial charge in [-0.2, -0.15) is 0 Å². The van der Waals surface area contributed by atoms with E-state index in [2.05, 4.69) is 0 Å². The van der Waals surface area contributed by atoms with Crippen LogP contribution in [0.1, 0.15) is 27.1 Å². The summed E-state index contributed by atoms with van der Waals surface area (Å²) in [5, 5.41) is 0. The van der Waals surface area contributed by atoms with Crippen molar-refractivity contribution in [1.29, 1.82) is 0 Å². The van der Waals surface area contributed by atoms with E-state index >= 15 is 0 Å². The lowest BCUT2D eigenvalue weighted by Gasteiger charge is -2.15. The zero-order valence-electron chi connectivity index (χ0n) is 7.99. The molecule has 2 aliphatic rings. The fraction of sp³-hybridized carbons (Fsp3) is 0.0769. The van der Waals surface area contributed by atoms with Gasteiger partial charge in [-0.05, 0) is 6.42 Å². The molecule has 0 unspecified atom stereocenters. The highest BCUT2D eigenvalue weighted by molar-refractivity contribution is 6.28. The molecule has 3 rings (SSSR count). The second-order valence-electron chi connectivity index (χ2n) is 3.70. The van der Waals surface area contributed by atoms with Crippen molar-refractivity contribution in [2.24, 2.45) is 0 Å². The molecule has 1 aromatic carbocycles. The van der Waals surface area contributed by atoms with Gasteiger partial charge in [0.05, 0.1) is 0 Å². The molecule has 0 N–H and O–H groups in total. The number of benzene rings is 1. The summed E-state index contributed by atoms with van der Waals surface area (Å²) >= 11 is 0. The minimum absolute atomic E-state index is 0.00481. The van der Waals surface area contributed by atoms with Crippen LogP contribution in [0, 0.1) is 0 Å². The van der Waals surface area contributed by atoms with Gasteiger partial charge in [0.1, 0.15) is 0 Å². The van der Waals surface area contributed by atoms with E-state index in [9.17, 15) is 9.59 Å². The van der Waals surface area contributed by atoms with E-state index in [1.165, 1.54) is 0 Å². The molecule has 0 heterocycles. The van der Waals surface area contributed by atoms with Gasteiger partial charge in [-0.25, -0.2) is 0 Å². The molecular formula is C13H8O2. The summed E-state index contributed by atoms with van der Waals surface area (Å²) < 4.78 is 0. The fourth-order valence-electron chi connectivity index (χ4n) is 2.12. The Morgan fingerprint density at radius 1 is 0.933 bits per heavy atom. The molecule has 0 aromatic heterocycles. The zero-order valence-corrected chi connectivity index (χ0v) is 7.99. The molecule has 0 aliphatic heterocycles. The highest BCUT2D eigenvalue weighted by Gasteiger charge is 2.31. The van der Waals surface area contributed by atoms with Crippen molar-refractivity contribution in [2.45, 2.75) is 6.42 Å². The molecule has 2 heteroatoms. The predicted molar refractivity (Wildman–Crippen MR) is 55.9 cm³/mol. The molecule has 0 saturated carbocycles. The first-order chi connectivity index (χ1) is 7.29. The van der Waals surface area contributed by atoms with Crippen LogP contribution in [0.4, 0.5) is 0 Å². The summed E-state index contributed by atoms with van der Waals surface area (Å²) in [5.74, 6) is -0.0147. The van der Waals surface area contributed by atoms with Crippen molar-refractivity contribution < 1.29 is 9.59 Å². The van der Waals surface area contributed by atoms with Crippen LogP contribution >= 0.6 is 0 Å². The second-order valence-corrected chi connectivity index (χ2v) is 3.70. The first-order valence-electron chi connectivity index (χ1n) is 4.87. The van der Waals surface area contributed by atoms with Crippen LogP contribution in [0.15, 0.2) is 47.6 Å². The average molecular weight is 196 g/mol. The molecule has 72 valence electrons. The number of carbonyl (C=O) groups is 2. The Morgan fingerprint density at radius 3 is 2.33 bits per heavy atom. The van der Waals surface area contributed by atoms with E-state index in [0.717, 1.165) is 0 Å². The van der Waals surface area contributed by atoms with Crippen molar-refractivity contribution in [2.75, 3.05) is 0 Å². The number of Topliss-reactive ketones (excluding diaryl/α,β-unsaturated/α-hetero) is 2. The van der Waals surface area contributed by atoms with Gasteiger partial charge in [0, 0.05) is 22.3 Å². The Hall–Kier alpha value is -1.96. The molecule has 0 atom stereocenters. The highest BCUT2D eigenvalue weighted by atomic mass is 16.1. The molecule has 15 heavy (non-hydrogen) atoms. The number of ketones is 2.